The van der Waals surface area contributed by atoms with E-state index in [-0.39, 0.29) is 133 Å². The summed E-state index contributed by atoms with van der Waals surface area (Å²) < 4.78 is 84.0. The van der Waals surface area contributed by atoms with Crippen molar-refractivity contribution in [1.29, 1.82) is 0 Å². The minimum atomic E-state index is -1.08. The molecule has 0 bridgehead atoms. The predicted octanol–water partition coefficient (Wildman–Crippen LogP) is -1.20. The highest BCUT2D eigenvalue weighted by molar-refractivity contribution is 5.96. The lowest BCUT2D eigenvalue weighted by Gasteiger charge is -2.28. The van der Waals surface area contributed by atoms with E-state index in [2.05, 4.69) is 92.5 Å². The molecule has 149 heavy (non-hydrogen) atoms. The molecule has 0 aromatic heterocycles. The fraction of sp³-hybridized carbons (Fsp3) is 0.608. The first-order valence-corrected chi connectivity index (χ1v) is 47.9. The monoisotopic (exact) mass is 2120 g/mol. The highest BCUT2D eigenvalue weighted by Gasteiger charge is 2.34. The molecule has 6 aliphatic rings. The van der Waals surface area contributed by atoms with Crippen molar-refractivity contribution >= 4 is 131 Å². The van der Waals surface area contributed by atoms with Crippen LogP contribution in [0.2, 0.25) is 0 Å². The van der Waals surface area contributed by atoms with Gasteiger partial charge in [-0.1, -0.05) is 40.2 Å². The number of aliphatic hydroxyl groups excluding tert-OH is 1. The van der Waals surface area contributed by atoms with Crippen LogP contribution in [0.25, 0.3) is 0 Å². The number of hydrogen-bond donors (Lipinski definition) is 10. The van der Waals surface area contributed by atoms with Crippen LogP contribution in [0.4, 0.5) is 0 Å². The number of piperidine rings is 2. The quantitative estimate of drug-likeness (QED) is 0.0148. The molecule has 0 aromatic rings. The van der Waals surface area contributed by atoms with Gasteiger partial charge >= 0.3 is 83.6 Å². The Morgan fingerprint density at radius 2 is 0.691 bits per heavy atom. The lowest BCUT2D eigenvalue weighted by molar-refractivity contribution is -0.139. The smallest absolute Gasteiger partial charge is 0.331 e. The number of hydrogen-bond acceptors (Lipinski definition) is 44. The average Bonchev–Trinajstić information content (AvgIpc) is 1.72. The fourth-order valence-electron chi connectivity index (χ4n) is 12.0. The van der Waals surface area contributed by atoms with Crippen LogP contribution in [0.1, 0.15) is 143 Å². The third-order valence-corrected chi connectivity index (χ3v) is 20.5. The number of ether oxygens (including phenoxy) is 18. The van der Waals surface area contributed by atoms with Crippen LogP contribution in [0.3, 0.4) is 0 Å². The van der Waals surface area contributed by atoms with Gasteiger partial charge in [-0.25, -0.2) is 67.1 Å². The molecule has 10 N–H and O–H groups in total. The Kier molecular flexibility index (Phi) is 76.7. The molecule has 6 atom stereocenters. The average molecular weight is 2120 g/mol. The summed E-state index contributed by atoms with van der Waals surface area (Å²) in [6.45, 7) is 19.0. The molecular weight excluding hydrogens is 1980 g/mol. The van der Waals surface area contributed by atoms with E-state index in [0.29, 0.717) is 110 Å². The van der Waals surface area contributed by atoms with Gasteiger partial charge in [-0.15, -0.1) is 0 Å². The van der Waals surface area contributed by atoms with Gasteiger partial charge in [0.15, 0.2) is 12.2 Å². The Morgan fingerprint density at radius 3 is 0.980 bits per heavy atom. The summed E-state index contributed by atoms with van der Waals surface area (Å²) in [5, 5.41) is 35.0. The van der Waals surface area contributed by atoms with E-state index in [1.54, 1.807) is 4.90 Å². The minimum absolute atomic E-state index is 0.00110. The molecule has 52 nitrogen and oxygen atoms in total. The SMILES string of the molecule is C=C1CCC(C(=O)NCCCOC(=O)/C=C/C(=O)OC)N1.CCC(C)(C)[C@H](O)C(=O)NCCCOC(=O)/C=C/C(=O)OC.COC(=O)/C=C/C(=O)OCCCNC(=O)C1CCCCN1.COC(=O)/C=C/C(=O)OCCCNC(=O)CN1CCCCC1.COC(=O)/C=C/C(=O)OCCCNC(=O)[C@@H]1CCCN1C(C)=O.COC(=O)/C=C/C(=O)OCCCNC(=O)[C@@H]1COCO1.COC(=O)/C=C/C(=O)OCCCNC(=O)[C@H]1COCO1. The molecule has 0 aliphatic carbocycles. The van der Waals surface area contributed by atoms with Gasteiger partial charge in [0.25, 0.3) is 11.8 Å². The first-order chi connectivity index (χ1) is 71.2. The molecule has 0 saturated carbocycles. The maximum Gasteiger partial charge on any atom is 0.331 e. The highest BCUT2D eigenvalue weighted by atomic mass is 16.7. The number of rotatable bonds is 52. The standard InChI is InChI=1S/C15H22N2O6.C15H24N2O5.C15H25NO6.C14H20N2O5.C14H22N2O5.2C12H17NO7/c1-11(18)17-9-3-5-12(17)15(21)16-8-4-10-23-14(20)7-6-13(19)22-2;1-21-14(19)6-7-15(20)22-11-5-8-16-13(18)12-17-9-3-2-4-10-17;1-5-15(2,3)13(19)14(20)16-9-6-10-22-12(18)8-7-11(17)21-4;1-10-4-5-11(16-10)14(19)15-8-3-9-21-13(18)7-6-12(17)20-2;1-20-12(17)6-7-13(18)21-10-4-9-16-14(19)11-5-2-3-8-15-11;2*1-17-10(14)3-4-11(15)19-6-2-5-13-12(16)9-7-18-8-20-9/h6-7,12H,3-5,8-10H2,1-2H3,(H,16,21);6-7H,2-5,8-12H2,1H3,(H,16,18);7-8,13,19H,5-6,9-10H2,1-4H3,(H,16,20);6-7,11,16H,1,3-5,8-9H2,2H3,(H,15,19);6-7,11,15H,2-5,8-10H2,1H3,(H,16,19);2*3-4,9H,2,5-8H2,1H3,(H,13,16)/b2*7-6+;8-7+;2*7-6+;2*4-3+/t12-;;13-;;;2*9-/m0.1..10/s1. The normalized spacial score (nSPS) is 16.7. The van der Waals surface area contributed by atoms with Gasteiger partial charge in [-0.05, 0) is 128 Å². The number of likely N-dealkylation sites (tertiary alicyclic amines) is 2. The summed E-state index contributed by atoms with van der Waals surface area (Å²) in [6.07, 6.45) is 25.2. The third-order valence-electron chi connectivity index (χ3n) is 20.5. The van der Waals surface area contributed by atoms with Gasteiger partial charge in [0.05, 0.1) is 122 Å². The van der Waals surface area contributed by atoms with Crippen molar-refractivity contribution in [2.24, 2.45) is 5.41 Å². The van der Waals surface area contributed by atoms with Gasteiger partial charge in [0, 0.05) is 150 Å². The summed E-state index contributed by atoms with van der Waals surface area (Å²) in [5.41, 5.74) is 0.386. The van der Waals surface area contributed by atoms with Crippen LogP contribution in [-0.4, -0.2) is 384 Å². The lowest BCUT2D eigenvalue weighted by atomic mass is 9.83. The van der Waals surface area contributed by atoms with Crippen molar-refractivity contribution in [1.82, 2.24) is 57.7 Å². The lowest BCUT2D eigenvalue weighted by Crippen LogP contribution is -2.46. The van der Waals surface area contributed by atoms with Gasteiger partial charge in [0.1, 0.15) is 31.8 Å². The highest BCUT2D eigenvalue weighted by Crippen LogP contribution is 2.25. The molecule has 2 unspecified atom stereocenters. The Morgan fingerprint density at radius 1 is 0.383 bits per heavy atom. The molecule has 0 aromatic carbocycles. The van der Waals surface area contributed by atoms with Crippen LogP contribution in [0.5, 0.6) is 0 Å². The van der Waals surface area contributed by atoms with E-state index < -0.39 is 119 Å². The van der Waals surface area contributed by atoms with Crippen molar-refractivity contribution < 1.29 is 196 Å². The first kappa shape index (κ1) is 135. The van der Waals surface area contributed by atoms with Gasteiger partial charge in [-0.2, -0.15) is 0 Å². The number of carbonyl (C=O) groups is 22. The van der Waals surface area contributed by atoms with Crippen LogP contribution in [0, 0.1) is 5.41 Å². The number of nitrogens with one attached hydrogen (secondary N) is 9. The number of esters is 14. The molecule has 0 spiro atoms. The molecule has 6 rings (SSSR count). The van der Waals surface area contributed by atoms with E-state index in [0.717, 1.165) is 162 Å². The molecule has 6 saturated heterocycles. The third kappa shape index (κ3) is 71.1. The van der Waals surface area contributed by atoms with Gasteiger partial charge < -0.3 is 143 Å². The zero-order valence-electron chi connectivity index (χ0n) is 86.4. The van der Waals surface area contributed by atoms with Crippen LogP contribution >= 0.6 is 0 Å². The summed E-state index contributed by atoms with van der Waals surface area (Å²) in [5.74, 6) is -10.1. The van der Waals surface area contributed by atoms with E-state index >= 15 is 0 Å². The van der Waals surface area contributed by atoms with Crippen LogP contribution in [-0.2, 0) is 191 Å². The van der Waals surface area contributed by atoms with Gasteiger partial charge in [0.2, 0.25) is 35.4 Å². The molecule has 6 aliphatic heterocycles. The molecule has 52 heteroatoms. The largest absolute Gasteiger partial charge is 0.466 e. The second-order valence-electron chi connectivity index (χ2n) is 32.3. The minimum Gasteiger partial charge on any atom is -0.466 e. The zero-order valence-corrected chi connectivity index (χ0v) is 86.4. The second kappa shape index (κ2) is 84.8. The predicted molar refractivity (Wildman–Crippen MR) is 521 cm³/mol. The van der Waals surface area contributed by atoms with Gasteiger partial charge in [-0.3, -0.25) is 43.3 Å². The Balaban J connectivity index is 0.00000172. The number of amides is 8. The van der Waals surface area contributed by atoms with Crippen molar-refractivity contribution in [3.63, 3.8) is 0 Å². The summed E-state index contributed by atoms with van der Waals surface area (Å²) in [4.78, 5) is 250. The molecule has 0 radical (unpaired) electrons. The zero-order chi connectivity index (χ0) is 111. The van der Waals surface area contributed by atoms with Crippen LogP contribution < -0.4 is 47.9 Å². The van der Waals surface area contributed by atoms with Crippen LogP contribution in [0.15, 0.2) is 97.3 Å². The number of aliphatic hydroxyl groups is 1. The number of allylic oxidation sites excluding steroid dienone is 1. The molecule has 836 valence electrons. The number of carbonyl (C=O) groups excluding carboxylic acids is 22. The van der Waals surface area contributed by atoms with E-state index in [9.17, 15) is 111 Å². The molecular formula is C97H147N11O41. The van der Waals surface area contributed by atoms with E-state index in [1.807, 2.05) is 20.8 Å². The topological polar surface area (TPSA) is 677 Å². The molecule has 6 fully saturated rings. The Labute approximate surface area is 864 Å². The maximum absolute atomic E-state index is 12.0. The van der Waals surface area contributed by atoms with Crippen molar-refractivity contribution in [2.45, 2.75) is 180 Å². The van der Waals surface area contributed by atoms with E-state index in [1.165, 1.54) is 63.1 Å². The first-order valence-electron chi connectivity index (χ1n) is 47.9. The molecule has 8 amide bonds. The second-order valence-corrected chi connectivity index (χ2v) is 32.3. The fourth-order valence-corrected chi connectivity index (χ4v) is 12.0. The Bertz CT molecular complexity index is 4340. The summed E-state index contributed by atoms with van der Waals surface area (Å²) in [7, 11) is 8.49. The summed E-state index contributed by atoms with van der Waals surface area (Å²) in [6, 6.07) is -0.731. The van der Waals surface area contributed by atoms with Crippen molar-refractivity contribution in [3.05, 3.63) is 97.3 Å². The number of nitrogens with zero attached hydrogens (tertiary/aromatic N) is 2. The Hall–Kier alpha value is -14.2. The van der Waals surface area contributed by atoms with Crippen molar-refractivity contribution in [2.75, 3.05) is 201 Å². The summed E-state index contributed by atoms with van der Waals surface area (Å²) >= 11 is 0. The molecule has 6 heterocycles. The van der Waals surface area contributed by atoms with E-state index in [4.69, 9.17) is 52.1 Å². The number of methoxy groups -OCH3 is 7. The van der Waals surface area contributed by atoms with Crippen molar-refractivity contribution in [3.8, 4) is 0 Å². The maximum atomic E-state index is 12.0.